The fourth-order valence-electron chi connectivity index (χ4n) is 3.06. The molecule has 0 saturated heterocycles. The van der Waals surface area contributed by atoms with E-state index in [1.807, 2.05) is 38.1 Å². The Morgan fingerprint density at radius 2 is 1.71 bits per heavy atom. The quantitative estimate of drug-likeness (QED) is 0.831. The molecule has 1 atom stereocenters. The van der Waals surface area contributed by atoms with Crippen LogP contribution < -0.4 is 5.32 Å². The number of carbonyl (C=O) groups is 1. The van der Waals surface area contributed by atoms with Crippen molar-refractivity contribution in [3.05, 3.63) is 70.8 Å². The van der Waals surface area contributed by atoms with Crippen LogP contribution in [0.15, 0.2) is 48.5 Å². The second-order valence-corrected chi connectivity index (χ2v) is 6.18. The van der Waals surface area contributed by atoms with Crippen molar-refractivity contribution >= 4 is 5.91 Å². The molecule has 0 fully saturated rings. The van der Waals surface area contributed by atoms with Gasteiger partial charge in [-0.2, -0.15) is 0 Å². The van der Waals surface area contributed by atoms with E-state index in [-0.39, 0.29) is 11.9 Å². The summed E-state index contributed by atoms with van der Waals surface area (Å²) in [7, 11) is 0. The summed E-state index contributed by atoms with van der Waals surface area (Å²) in [6.07, 6.45) is 0. The molecule has 2 aromatic carbocycles. The van der Waals surface area contributed by atoms with Crippen LogP contribution in [0, 0.1) is 13.8 Å². The van der Waals surface area contributed by atoms with Crippen LogP contribution in [0.2, 0.25) is 0 Å². The fraction of sp³-hybridized carbons (Fsp3) is 0.381. The van der Waals surface area contributed by atoms with E-state index in [9.17, 15) is 4.79 Å². The lowest BCUT2D eigenvalue weighted by molar-refractivity contribution is 0.0934. The van der Waals surface area contributed by atoms with Crippen LogP contribution in [0.25, 0.3) is 0 Å². The Balaban J connectivity index is 2.15. The molecule has 0 heterocycles. The Morgan fingerprint density at radius 1 is 1.04 bits per heavy atom. The number of aryl methyl sites for hydroxylation is 2. The predicted octanol–water partition coefficient (Wildman–Crippen LogP) is 4.12. The maximum Gasteiger partial charge on any atom is 0.251 e. The van der Waals surface area contributed by atoms with Gasteiger partial charge in [-0.3, -0.25) is 9.69 Å². The van der Waals surface area contributed by atoms with Crippen molar-refractivity contribution < 1.29 is 4.79 Å². The third kappa shape index (κ3) is 4.45. The lowest BCUT2D eigenvalue weighted by Gasteiger charge is -2.30. The van der Waals surface area contributed by atoms with Crippen molar-refractivity contribution in [1.29, 1.82) is 0 Å². The molecule has 2 rings (SSSR count). The Morgan fingerprint density at radius 3 is 2.33 bits per heavy atom. The second-order valence-electron chi connectivity index (χ2n) is 6.18. The van der Waals surface area contributed by atoms with Crippen molar-refractivity contribution in [3.63, 3.8) is 0 Å². The van der Waals surface area contributed by atoms with E-state index in [2.05, 4.69) is 48.3 Å². The normalized spacial score (nSPS) is 12.2. The third-order valence-corrected chi connectivity index (χ3v) is 4.53. The van der Waals surface area contributed by atoms with Gasteiger partial charge in [-0.1, -0.05) is 61.9 Å². The number of amides is 1. The standard InChI is InChI=1S/C21H28N2O/c1-5-23(6-2)20(18-10-8-7-9-11-18)15-22-21(24)19-14-16(3)12-13-17(19)4/h7-14,20H,5-6,15H2,1-4H3,(H,22,24). The SMILES string of the molecule is CCN(CC)C(CNC(=O)c1cc(C)ccc1C)c1ccccc1. The first-order valence-corrected chi connectivity index (χ1v) is 8.71. The molecule has 0 radical (unpaired) electrons. The number of rotatable bonds is 7. The summed E-state index contributed by atoms with van der Waals surface area (Å²) >= 11 is 0. The minimum atomic E-state index is 0.00397. The van der Waals surface area contributed by atoms with Crippen LogP contribution in [0.3, 0.4) is 0 Å². The molecule has 0 spiro atoms. The Bertz CT molecular complexity index is 663. The van der Waals surface area contributed by atoms with Gasteiger partial charge in [-0.15, -0.1) is 0 Å². The summed E-state index contributed by atoms with van der Waals surface area (Å²) in [6.45, 7) is 10.8. The van der Waals surface area contributed by atoms with Gasteiger partial charge in [-0.25, -0.2) is 0 Å². The topological polar surface area (TPSA) is 32.3 Å². The monoisotopic (exact) mass is 324 g/mol. The minimum Gasteiger partial charge on any atom is -0.350 e. The molecule has 0 aromatic heterocycles. The summed E-state index contributed by atoms with van der Waals surface area (Å²) in [5.74, 6) is 0.00397. The fourth-order valence-corrected chi connectivity index (χ4v) is 3.06. The summed E-state index contributed by atoms with van der Waals surface area (Å²) in [5.41, 5.74) is 4.12. The van der Waals surface area contributed by atoms with Gasteiger partial charge in [0, 0.05) is 12.1 Å². The van der Waals surface area contributed by atoms with E-state index in [1.165, 1.54) is 5.56 Å². The first-order valence-electron chi connectivity index (χ1n) is 8.71. The van der Waals surface area contributed by atoms with Gasteiger partial charge in [0.25, 0.3) is 5.91 Å². The molecule has 0 saturated carbocycles. The van der Waals surface area contributed by atoms with E-state index in [4.69, 9.17) is 0 Å². The van der Waals surface area contributed by atoms with E-state index in [0.29, 0.717) is 6.54 Å². The number of carbonyl (C=O) groups excluding carboxylic acids is 1. The number of nitrogens with one attached hydrogen (secondary N) is 1. The zero-order valence-electron chi connectivity index (χ0n) is 15.2. The lowest BCUT2D eigenvalue weighted by atomic mass is 10.0. The molecule has 0 aliphatic carbocycles. The third-order valence-electron chi connectivity index (χ3n) is 4.53. The Kier molecular flexibility index (Phi) is 6.56. The zero-order chi connectivity index (χ0) is 17.5. The van der Waals surface area contributed by atoms with E-state index in [0.717, 1.165) is 29.8 Å². The maximum atomic E-state index is 12.6. The molecule has 0 aliphatic heterocycles. The predicted molar refractivity (Wildman–Crippen MR) is 100 cm³/mol. The summed E-state index contributed by atoms with van der Waals surface area (Å²) in [6, 6.07) is 16.6. The first-order chi connectivity index (χ1) is 11.6. The summed E-state index contributed by atoms with van der Waals surface area (Å²) < 4.78 is 0. The highest BCUT2D eigenvalue weighted by atomic mass is 16.1. The molecule has 3 heteroatoms. The van der Waals surface area contributed by atoms with Crippen molar-refractivity contribution in [2.24, 2.45) is 0 Å². The van der Waals surface area contributed by atoms with Crippen LogP contribution >= 0.6 is 0 Å². The van der Waals surface area contributed by atoms with Gasteiger partial charge in [0.2, 0.25) is 0 Å². The largest absolute Gasteiger partial charge is 0.350 e. The van der Waals surface area contributed by atoms with Gasteiger partial charge in [0.1, 0.15) is 0 Å². The molecule has 1 unspecified atom stereocenters. The number of benzene rings is 2. The van der Waals surface area contributed by atoms with Gasteiger partial charge >= 0.3 is 0 Å². The molecule has 1 N–H and O–H groups in total. The Hall–Kier alpha value is -2.13. The van der Waals surface area contributed by atoms with Crippen molar-refractivity contribution in [2.75, 3.05) is 19.6 Å². The van der Waals surface area contributed by atoms with Crippen LogP contribution in [0.1, 0.15) is 46.9 Å². The lowest BCUT2D eigenvalue weighted by Crippen LogP contribution is -2.38. The van der Waals surface area contributed by atoms with Crippen molar-refractivity contribution in [1.82, 2.24) is 10.2 Å². The summed E-state index contributed by atoms with van der Waals surface area (Å²) in [5, 5.41) is 3.13. The van der Waals surface area contributed by atoms with Crippen LogP contribution in [0.4, 0.5) is 0 Å². The highest BCUT2D eigenvalue weighted by Gasteiger charge is 2.19. The second kappa shape index (κ2) is 8.65. The number of likely N-dealkylation sites (N-methyl/N-ethyl adjacent to an activating group) is 1. The van der Waals surface area contributed by atoms with Crippen LogP contribution in [-0.2, 0) is 0 Å². The van der Waals surface area contributed by atoms with Crippen molar-refractivity contribution in [3.8, 4) is 0 Å². The van der Waals surface area contributed by atoms with Gasteiger partial charge in [0.05, 0.1) is 6.04 Å². The van der Waals surface area contributed by atoms with Crippen LogP contribution in [-0.4, -0.2) is 30.4 Å². The minimum absolute atomic E-state index is 0.00397. The number of hydrogen-bond donors (Lipinski definition) is 1. The average Bonchev–Trinajstić information content (AvgIpc) is 2.61. The molecule has 128 valence electrons. The number of nitrogens with zero attached hydrogens (tertiary/aromatic N) is 1. The van der Waals surface area contributed by atoms with Gasteiger partial charge in [-0.05, 0) is 44.1 Å². The molecule has 1 amide bonds. The van der Waals surface area contributed by atoms with E-state index < -0.39 is 0 Å². The number of hydrogen-bond acceptors (Lipinski definition) is 2. The maximum absolute atomic E-state index is 12.6. The highest BCUT2D eigenvalue weighted by Crippen LogP contribution is 2.20. The van der Waals surface area contributed by atoms with E-state index in [1.54, 1.807) is 0 Å². The van der Waals surface area contributed by atoms with Crippen LogP contribution in [0.5, 0.6) is 0 Å². The van der Waals surface area contributed by atoms with E-state index >= 15 is 0 Å². The van der Waals surface area contributed by atoms with Gasteiger partial charge < -0.3 is 5.32 Å². The highest BCUT2D eigenvalue weighted by molar-refractivity contribution is 5.95. The average molecular weight is 324 g/mol. The molecule has 0 bridgehead atoms. The zero-order valence-corrected chi connectivity index (χ0v) is 15.2. The molecular formula is C21H28N2O. The molecule has 24 heavy (non-hydrogen) atoms. The molecular weight excluding hydrogens is 296 g/mol. The summed E-state index contributed by atoms with van der Waals surface area (Å²) in [4.78, 5) is 15.0. The van der Waals surface area contributed by atoms with Crippen molar-refractivity contribution in [2.45, 2.75) is 33.7 Å². The molecule has 3 nitrogen and oxygen atoms in total. The first kappa shape index (κ1) is 18.2. The molecule has 0 aliphatic rings. The Labute approximate surface area is 145 Å². The van der Waals surface area contributed by atoms with Gasteiger partial charge in [0.15, 0.2) is 0 Å². The molecule has 2 aromatic rings. The smallest absolute Gasteiger partial charge is 0.251 e.